The molecule has 122 valence electrons. The van der Waals surface area contributed by atoms with Crippen LogP contribution in [0.3, 0.4) is 0 Å². The van der Waals surface area contributed by atoms with Crippen molar-refractivity contribution >= 4 is 5.95 Å². The zero-order chi connectivity index (χ0) is 15.9. The molecule has 0 aromatic carbocycles. The Balaban J connectivity index is 2.76. The molecular formula is C16H32N4O. The molecule has 0 aliphatic carbocycles. The number of hydrogen-bond acceptors (Lipinski definition) is 4. The molecule has 0 spiro atoms. The summed E-state index contributed by atoms with van der Waals surface area (Å²) < 4.78 is 7.66. The van der Waals surface area contributed by atoms with Crippen LogP contribution in [0.15, 0.2) is 6.20 Å². The minimum Gasteiger partial charge on any atom is -0.382 e. The Morgan fingerprint density at radius 3 is 2.67 bits per heavy atom. The van der Waals surface area contributed by atoms with E-state index in [0.29, 0.717) is 6.54 Å². The van der Waals surface area contributed by atoms with Crippen LogP contribution in [0.1, 0.15) is 39.8 Å². The van der Waals surface area contributed by atoms with E-state index >= 15 is 0 Å². The second-order valence-electron chi connectivity index (χ2n) is 6.35. The number of anilines is 1. The van der Waals surface area contributed by atoms with Crippen LogP contribution in [0.25, 0.3) is 0 Å². The van der Waals surface area contributed by atoms with E-state index in [-0.39, 0.29) is 5.41 Å². The topological polar surface area (TPSA) is 56.3 Å². The van der Waals surface area contributed by atoms with Gasteiger partial charge in [-0.25, -0.2) is 4.98 Å². The van der Waals surface area contributed by atoms with Crippen LogP contribution in [0.5, 0.6) is 0 Å². The summed E-state index contributed by atoms with van der Waals surface area (Å²) in [5.74, 6) is 1.03. The summed E-state index contributed by atoms with van der Waals surface area (Å²) in [6.45, 7) is 12.6. The summed E-state index contributed by atoms with van der Waals surface area (Å²) in [6, 6.07) is 0. The maximum Gasteiger partial charge on any atom is 0.205 e. The van der Waals surface area contributed by atoms with Crippen LogP contribution < -0.4 is 10.6 Å². The zero-order valence-electron chi connectivity index (χ0n) is 14.4. The maximum absolute atomic E-state index is 5.85. The normalized spacial score (nSPS) is 11.9. The molecule has 1 aromatic rings. The SMILES string of the molecule is CCOCCCn1cc(CC)nc1N(C)CC(C)(C)CN. The number of nitrogens with two attached hydrogens (primary N) is 1. The molecule has 5 nitrogen and oxygen atoms in total. The Bertz CT molecular complexity index is 414. The molecule has 0 radical (unpaired) electrons. The van der Waals surface area contributed by atoms with E-state index in [2.05, 4.69) is 43.5 Å². The quantitative estimate of drug-likeness (QED) is 0.673. The lowest BCUT2D eigenvalue weighted by atomic mass is 9.93. The highest BCUT2D eigenvalue weighted by molar-refractivity contribution is 5.33. The minimum absolute atomic E-state index is 0.0865. The summed E-state index contributed by atoms with van der Waals surface area (Å²) >= 11 is 0. The molecule has 21 heavy (non-hydrogen) atoms. The van der Waals surface area contributed by atoms with Crippen LogP contribution in [-0.4, -0.2) is 42.9 Å². The largest absolute Gasteiger partial charge is 0.382 e. The first-order valence-corrected chi connectivity index (χ1v) is 7.98. The summed E-state index contributed by atoms with van der Waals surface area (Å²) in [7, 11) is 2.10. The maximum atomic E-state index is 5.85. The van der Waals surface area contributed by atoms with Gasteiger partial charge in [-0.1, -0.05) is 20.8 Å². The van der Waals surface area contributed by atoms with Gasteiger partial charge in [0.25, 0.3) is 0 Å². The smallest absolute Gasteiger partial charge is 0.205 e. The van der Waals surface area contributed by atoms with Gasteiger partial charge in [0.2, 0.25) is 5.95 Å². The lowest BCUT2D eigenvalue weighted by Gasteiger charge is -2.30. The molecular weight excluding hydrogens is 264 g/mol. The minimum atomic E-state index is 0.0865. The van der Waals surface area contributed by atoms with Crippen molar-refractivity contribution in [2.75, 3.05) is 38.3 Å². The molecule has 0 saturated heterocycles. The third-order valence-electron chi connectivity index (χ3n) is 3.62. The molecule has 0 saturated carbocycles. The Labute approximate surface area is 129 Å². The fraction of sp³-hybridized carbons (Fsp3) is 0.812. The fourth-order valence-electron chi connectivity index (χ4n) is 2.36. The molecule has 0 aliphatic rings. The van der Waals surface area contributed by atoms with Gasteiger partial charge in [0, 0.05) is 39.5 Å². The molecule has 1 aromatic heterocycles. The van der Waals surface area contributed by atoms with E-state index in [9.17, 15) is 0 Å². The van der Waals surface area contributed by atoms with Gasteiger partial charge in [0.05, 0.1) is 5.69 Å². The highest BCUT2D eigenvalue weighted by Gasteiger charge is 2.21. The van der Waals surface area contributed by atoms with Gasteiger partial charge in [0.15, 0.2) is 0 Å². The van der Waals surface area contributed by atoms with Crippen LogP contribution in [0.2, 0.25) is 0 Å². The summed E-state index contributed by atoms with van der Waals surface area (Å²) in [6.07, 6.45) is 4.13. The van der Waals surface area contributed by atoms with Gasteiger partial charge >= 0.3 is 0 Å². The van der Waals surface area contributed by atoms with Crippen molar-refractivity contribution in [1.82, 2.24) is 9.55 Å². The average molecular weight is 296 g/mol. The van der Waals surface area contributed by atoms with E-state index in [0.717, 1.165) is 50.8 Å². The Hall–Kier alpha value is -1.07. The first-order valence-electron chi connectivity index (χ1n) is 7.98. The van der Waals surface area contributed by atoms with E-state index in [1.807, 2.05) is 6.92 Å². The number of imidazole rings is 1. The van der Waals surface area contributed by atoms with Gasteiger partial charge in [-0.3, -0.25) is 0 Å². The van der Waals surface area contributed by atoms with Crippen molar-refractivity contribution < 1.29 is 4.74 Å². The fourth-order valence-corrected chi connectivity index (χ4v) is 2.36. The van der Waals surface area contributed by atoms with Crippen molar-refractivity contribution in [3.8, 4) is 0 Å². The molecule has 0 unspecified atom stereocenters. The standard InChI is InChI=1S/C16H32N4O/c1-6-14-11-20(9-8-10-21-7-2)15(18-14)19(5)13-16(3,4)12-17/h11H,6-10,12-13,17H2,1-5H3. The lowest BCUT2D eigenvalue weighted by molar-refractivity contribution is 0.141. The first-order chi connectivity index (χ1) is 9.93. The second kappa shape index (κ2) is 8.39. The van der Waals surface area contributed by atoms with Crippen molar-refractivity contribution in [1.29, 1.82) is 0 Å². The molecule has 1 rings (SSSR count). The molecule has 1 heterocycles. The predicted octanol–water partition coefficient (Wildman–Crippen LogP) is 2.29. The van der Waals surface area contributed by atoms with Crippen LogP contribution >= 0.6 is 0 Å². The van der Waals surface area contributed by atoms with Gasteiger partial charge in [0.1, 0.15) is 0 Å². The first kappa shape index (κ1) is 18.0. The monoisotopic (exact) mass is 296 g/mol. The number of aromatic nitrogens is 2. The molecule has 0 fully saturated rings. The molecule has 0 bridgehead atoms. The molecule has 0 amide bonds. The summed E-state index contributed by atoms with van der Waals surface area (Å²) in [5.41, 5.74) is 7.07. The van der Waals surface area contributed by atoms with E-state index in [1.54, 1.807) is 0 Å². The third-order valence-corrected chi connectivity index (χ3v) is 3.62. The number of ether oxygens (including phenoxy) is 1. The Morgan fingerprint density at radius 1 is 1.38 bits per heavy atom. The Kier molecular flexibility index (Phi) is 7.18. The second-order valence-corrected chi connectivity index (χ2v) is 6.35. The van der Waals surface area contributed by atoms with Crippen molar-refractivity contribution in [3.63, 3.8) is 0 Å². The van der Waals surface area contributed by atoms with Crippen molar-refractivity contribution in [2.45, 2.75) is 47.1 Å². The zero-order valence-corrected chi connectivity index (χ0v) is 14.4. The molecule has 0 aliphatic heterocycles. The summed E-state index contributed by atoms with van der Waals surface area (Å²) in [4.78, 5) is 6.97. The van der Waals surface area contributed by atoms with Crippen LogP contribution in [0, 0.1) is 5.41 Å². The van der Waals surface area contributed by atoms with Crippen LogP contribution in [-0.2, 0) is 17.7 Å². The number of aryl methyl sites for hydroxylation is 2. The van der Waals surface area contributed by atoms with Crippen molar-refractivity contribution in [2.24, 2.45) is 11.1 Å². The predicted molar refractivity (Wildman–Crippen MR) is 88.8 cm³/mol. The van der Waals surface area contributed by atoms with Gasteiger partial charge in [-0.15, -0.1) is 0 Å². The number of hydrogen-bond donors (Lipinski definition) is 1. The van der Waals surface area contributed by atoms with E-state index in [4.69, 9.17) is 15.5 Å². The van der Waals surface area contributed by atoms with Gasteiger partial charge in [-0.2, -0.15) is 0 Å². The van der Waals surface area contributed by atoms with Gasteiger partial charge in [-0.05, 0) is 31.7 Å². The summed E-state index contributed by atoms with van der Waals surface area (Å²) in [5, 5.41) is 0. The van der Waals surface area contributed by atoms with Gasteiger partial charge < -0.3 is 19.9 Å². The average Bonchev–Trinajstić information content (AvgIpc) is 2.86. The lowest BCUT2D eigenvalue weighted by Crippen LogP contribution is -2.37. The van der Waals surface area contributed by atoms with Crippen molar-refractivity contribution in [3.05, 3.63) is 11.9 Å². The number of nitrogens with zero attached hydrogens (tertiary/aromatic N) is 3. The number of rotatable bonds is 10. The van der Waals surface area contributed by atoms with E-state index < -0.39 is 0 Å². The third kappa shape index (κ3) is 5.67. The molecule has 5 heteroatoms. The highest BCUT2D eigenvalue weighted by Crippen LogP contribution is 2.20. The van der Waals surface area contributed by atoms with Crippen LogP contribution in [0.4, 0.5) is 5.95 Å². The molecule has 2 N–H and O–H groups in total. The molecule has 0 atom stereocenters. The Morgan fingerprint density at radius 2 is 2.10 bits per heavy atom. The highest BCUT2D eigenvalue weighted by atomic mass is 16.5. The van der Waals surface area contributed by atoms with E-state index in [1.165, 1.54) is 0 Å².